The molecule has 2 heterocycles. The van der Waals surface area contributed by atoms with Crippen LogP contribution in [0, 0.1) is 19.8 Å². The monoisotopic (exact) mass is 977 g/mol. The maximum atomic E-state index is 13.9. The van der Waals surface area contributed by atoms with Gasteiger partial charge in [0.15, 0.2) is 17.8 Å². The van der Waals surface area contributed by atoms with Crippen LogP contribution in [-0.4, -0.2) is 117 Å². The Morgan fingerprint density at radius 2 is 1.64 bits per heavy atom. The molecule has 18 nitrogen and oxygen atoms in total. The van der Waals surface area contributed by atoms with Crippen molar-refractivity contribution in [3.05, 3.63) is 83.4 Å². The van der Waals surface area contributed by atoms with Crippen LogP contribution in [0.1, 0.15) is 125 Å². The lowest BCUT2D eigenvalue weighted by molar-refractivity contribution is -0.238. The van der Waals surface area contributed by atoms with Crippen molar-refractivity contribution < 1.29 is 71.5 Å². The highest BCUT2D eigenvalue weighted by atomic mass is 16.6. The first-order valence-corrected chi connectivity index (χ1v) is 23.6. The Hall–Kier alpha value is -6.27. The third kappa shape index (κ3) is 16.4. The lowest BCUT2D eigenvalue weighted by Crippen LogP contribution is -2.69. The molecule has 2 aromatic rings. The van der Waals surface area contributed by atoms with E-state index in [-0.39, 0.29) is 36.3 Å². The fraction of sp³-hybridized carbons (Fsp3) is 0.558. The zero-order valence-electron chi connectivity index (χ0n) is 42.0. The third-order valence-corrected chi connectivity index (χ3v) is 11.7. The maximum absolute atomic E-state index is 13.9. The summed E-state index contributed by atoms with van der Waals surface area (Å²) < 4.78 is 46.1. The normalized spacial score (nSPS) is 21.3. The number of aryl methyl sites for hydroxylation is 2. The van der Waals surface area contributed by atoms with Crippen molar-refractivity contribution in [2.45, 2.75) is 148 Å². The van der Waals surface area contributed by atoms with Gasteiger partial charge in [-0.3, -0.25) is 24.0 Å². The first-order chi connectivity index (χ1) is 33.1. The number of esters is 4. The molecule has 0 aromatic heterocycles. The molecule has 2 fully saturated rings. The van der Waals surface area contributed by atoms with Crippen molar-refractivity contribution in [1.29, 1.82) is 0 Å². The van der Waals surface area contributed by atoms with Crippen molar-refractivity contribution >= 4 is 47.9 Å². The molecule has 70 heavy (non-hydrogen) atoms. The lowest BCUT2D eigenvalue weighted by Gasteiger charge is -2.49. The van der Waals surface area contributed by atoms with Crippen molar-refractivity contribution in [3.63, 3.8) is 0 Å². The van der Waals surface area contributed by atoms with Gasteiger partial charge in [-0.25, -0.2) is 9.59 Å². The van der Waals surface area contributed by atoms with E-state index >= 15 is 0 Å². The van der Waals surface area contributed by atoms with E-state index in [1.807, 2.05) is 24.3 Å². The highest BCUT2D eigenvalue weighted by molar-refractivity contribution is 5.95. The standard InChI is InChI=1S/C52H71N3O15/c1-12-22-52(49(61)63-11)28-41(66-33(5)56)43(55-50(62)70-51(8,9)10)46(69-52)45(68-35(7)58)42(67-34(6)57)29-53-47(59)39-25-31(3)44(32(4)26-39)65-24-15-14-21-40(37-19-16-18-36(13-2)27-37)54-48(60)38-20-17-23-64-30-38/h12-13,16,18-19,25-27,38,40-43,45-46H,1-2,14-15,17,20-24,28-30H2,3-11H3,(H,53,59)(H,54,60)(H,55,62)/t38?,40-,41-,42+,43+,45+,46+,52+/m0/s1. The van der Waals surface area contributed by atoms with E-state index in [4.69, 9.17) is 37.9 Å². The Balaban J connectivity index is 1.54. The molecule has 2 aromatic carbocycles. The van der Waals surface area contributed by atoms with Crippen LogP contribution in [-0.2, 0) is 57.1 Å². The molecule has 2 aliphatic rings. The van der Waals surface area contributed by atoms with E-state index in [9.17, 15) is 33.6 Å². The number of nitrogens with one attached hydrogen (secondary N) is 3. The summed E-state index contributed by atoms with van der Waals surface area (Å²) in [6.45, 7) is 20.4. The number of ether oxygens (including phenoxy) is 8. The first-order valence-electron chi connectivity index (χ1n) is 23.6. The van der Waals surface area contributed by atoms with Crippen LogP contribution in [0.5, 0.6) is 5.75 Å². The summed E-state index contributed by atoms with van der Waals surface area (Å²) >= 11 is 0. The van der Waals surface area contributed by atoms with Crippen LogP contribution in [0.3, 0.4) is 0 Å². The minimum absolute atomic E-state index is 0.0220. The van der Waals surface area contributed by atoms with E-state index in [0.29, 0.717) is 49.5 Å². The zero-order chi connectivity index (χ0) is 51.8. The summed E-state index contributed by atoms with van der Waals surface area (Å²) in [6.07, 6.45) is -0.735. The minimum atomic E-state index is -1.91. The minimum Gasteiger partial charge on any atom is -0.493 e. The fourth-order valence-electron chi connectivity index (χ4n) is 8.70. The van der Waals surface area contributed by atoms with E-state index in [0.717, 1.165) is 58.3 Å². The fourth-order valence-corrected chi connectivity index (χ4v) is 8.70. The van der Waals surface area contributed by atoms with E-state index in [1.54, 1.807) is 52.8 Å². The van der Waals surface area contributed by atoms with Gasteiger partial charge in [0.1, 0.15) is 23.6 Å². The number of methoxy groups -OCH3 is 1. The van der Waals surface area contributed by atoms with Gasteiger partial charge in [-0.05, 0) is 107 Å². The van der Waals surface area contributed by atoms with Crippen LogP contribution in [0.25, 0.3) is 6.08 Å². The number of amides is 3. The second-order valence-electron chi connectivity index (χ2n) is 18.7. The van der Waals surface area contributed by atoms with E-state index < -0.39 is 84.1 Å². The summed E-state index contributed by atoms with van der Waals surface area (Å²) in [5.41, 5.74) is 0.636. The predicted molar refractivity (Wildman–Crippen MR) is 257 cm³/mol. The van der Waals surface area contributed by atoms with Crippen molar-refractivity contribution in [2.24, 2.45) is 5.92 Å². The highest BCUT2D eigenvalue weighted by Crippen LogP contribution is 2.39. The number of hydrogen-bond donors (Lipinski definition) is 3. The molecule has 8 atom stereocenters. The van der Waals surface area contributed by atoms with Gasteiger partial charge >= 0.3 is 30.0 Å². The molecule has 2 saturated heterocycles. The molecule has 0 spiro atoms. The van der Waals surface area contributed by atoms with E-state index in [1.165, 1.54) is 6.08 Å². The van der Waals surface area contributed by atoms with Crippen LogP contribution in [0.15, 0.2) is 55.6 Å². The van der Waals surface area contributed by atoms with Gasteiger partial charge in [-0.1, -0.05) is 36.9 Å². The highest BCUT2D eigenvalue weighted by Gasteiger charge is 2.58. The summed E-state index contributed by atoms with van der Waals surface area (Å²) in [5.74, 6) is -3.60. The Labute approximate surface area is 410 Å². The predicted octanol–water partition coefficient (Wildman–Crippen LogP) is 6.47. The number of unbranched alkanes of at least 4 members (excludes halogenated alkanes) is 1. The van der Waals surface area contributed by atoms with E-state index in [2.05, 4.69) is 29.1 Å². The average Bonchev–Trinajstić information content (AvgIpc) is 3.29. The van der Waals surface area contributed by atoms with Crippen molar-refractivity contribution in [3.8, 4) is 5.75 Å². The SMILES string of the molecule is C=CC[C@]1(C(=O)OC)C[C@H](OC(C)=O)[C@@H](NC(=O)OC(C)(C)C)[C@H]([C@H](OC(C)=O)[C@@H](CNC(=O)c2cc(C)c(OCCCC[C@H](NC(=O)C3CCCOC3)c3cccc(C=C)c3)c(C)c2)OC(C)=O)O1. The third-order valence-electron chi connectivity index (χ3n) is 11.7. The largest absolute Gasteiger partial charge is 0.493 e. The Morgan fingerprint density at radius 3 is 2.23 bits per heavy atom. The quantitative estimate of drug-likeness (QED) is 0.0497. The molecular formula is C52H71N3O15. The molecule has 3 amide bonds. The summed E-state index contributed by atoms with van der Waals surface area (Å²) in [5, 5.41) is 8.66. The van der Waals surface area contributed by atoms with Gasteiger partial charge in [0.25, 0.3) is 5.91 Å². The van der Waals surface area contributed by atoms with Crippen LogP contribution in [0.4, 0.5) is 4.79 Å². The molecule has 18 heteroatoms. The zero-order valence-corrected chi connectivity index (χ0v) is 42.0. The molecule has 2 aliphatic heterocycles. The summed E-state index contributed by atoms with van der Waals surface area (Å²) in [6, 6.07) is 9.62. The number of benzene rings is 2. The molecule has 0 bridgehead atoms. The van der Waals surface area contributed by atoms with Gasteiger partial charge in [0, 0.05) is 45.8 Å². The first kappa shape index (κ1) is 56.3. The Bertz CT molecular complexity index is 2170. The maximum Gasteiger partial charge on any atom is 0.408 e. The van der Waals surface area contributed by atoms with Crippen LogP contribution >= 0.6 is 0 Å². The second kappa shape index (κ2) is 26.1. The molecule has 0 aliphatic carbocycles. The van der Waals surface area contributed by atoms with Crippen molar-refractivity contribution in [1.82, 2.24) is 16.0 Å². The molecule has 3 N–H and O–H groups in total. The lowest BCUT2D eigenvalue weighted by atomic mass is 9.81. The van der Waals surface area contributed by atoms with Gasteiger partial charge in [-0.2, -0.15) is 0 Å². The Morgan fingerprint density at radius 1 is 0.943 bits per heavy atom. The average molecular weight is 978 g/mol. The number of rotatable bonds is 22. The smallest absolute Gasteiger partial charge is 0.408 e. The number of alkyl carbamates (subject to hydrolysis) is 1. The molecule has 4 rings (SSSR count). The molecule has 0 saturated carbocycles. The Kier molecular flexibility index (Phi) is 21.0. The topological polar surface area (TPSA) is 229 Å². The van der Waals surface area contributed by atoms with Gasteiger partial charge < -0.3 is 53.8 Å². The summed E-state index contributed by atoms with van der Waals surface area (Å²) in [4.78, 5) is 92.3. The van der Waals surface area contributed by atoms with Gasteiger partial charge in [0.05, 0.1) is 44.9 Å². The van der Waals surface area contributed by atoms with Crippen LogP contribution in [0.2, 0.25) is 0 Å². The molecule has 1 unspecified atom stereocenters. The van der Waals surface area contributed by atoms with Crippen LogP contribution < -0.4 is 20.7 Å². The van der Waals surface area contributed by atoms with Crippen molar-refractivity contribution in [2.75, 3.05) is 33.5 Å². The molecule has 384 valence electrons. The molecular weight excluding hydrogens is 907 g/mol. The number of carbonyl (C=O) groups is 7. The van der Waals surface area contributed by atoms with Gasteiger partial charge in [0.2, 0.25) is 5.91 Å². The number of carbonyl (C=O) groups excluding carboxylic acids is 7. The molecule has 0 radical (unpaired) electrons. The second-order valence-corrected chi connectivity index (χ2v) is 18.7. The summed E-state index contributed by atoms with van der Waals surface area (Å²) in [7, 11) is 1.13. The number of hydrogen-bond acceptors (Lipinski definition) is 15. The van der Waals surface area contributed by atoms with Gasteiger partial charge in [-0.15, -0.1) is 6.58 Å².